The molecule has 1 aliphatic rings. The van der Waals surface area contributed by atoms with Gasteiger partial charge in [-0.25, -0.2) is 0 Å². The van der Waals surface area contributed by atoms with Gasteiger partial charge >= 0.3 is 0 Å². The molecule has 19 heavy (non-hydrogen) atoms. The van der Waals surface area contributed by atoms with Gasteiger partial charge < -0.3 is 14.5 Å². The van der Waals surface area contributed by atoms with Crippen LogP contribution in [0.3, 0.4) is 0 Å². The maximum absolute atomic E-state index is 5.82. The van der Waals surface area contributed by atoms with E-state index in [0.29, 0.717) is 6.04 Å². The lowest BCUT2D eigenvalue weighted by molar-refractivity contribution is -0.0381. The molecule has 2 unspecified atom stereocenters. The van der Waals surface area contributed by atoms with Crippen molar-refractivity contribution >= 4 is 0 Å². The van der Waals surface area contributed by atoms with Crippen LogP contribution in [0.1, 0.15) is 38.3 Å². The quantitative estimate of drug-likeness (QED) is 0.887. The summed E-state index contributed by atoms with van der Waals surface area (Å²) in [4.78, 5) is 2.47. The van der Waals surface area contributed by atoms with Gasteiger partial charge in [-0.15, -0.1) is 0 Å². The zero-order valence-corrected chi connectivity index (χ0v) is 12.5. The summed E-state index contributed by atoms with van der Waals surface area (Å²) >= 11 is 0. The minimum absolute atomic E-state index is 0.228. The van der Waals surface area contributed by atoms with Gasteiger partial charge in [0.2, 0.25) is 0 Å². The number of ether oxygens (including phenoxy) is 1. The number of aryl methyl sites for hydroxylation is 1. The molecule has 0 aliphatic carbocycles. The Morgan fingerprint density at radius 1 is 1.37 bits per heavy atom. The lowest BCUT2D eigenvalue weighted by atomic mass is 10.2. The number of hydrogen-bond donors (Lipinski definition) is 1. The third-order valence-corrected chi connectivity index (χ3v) is 3.74. The maximum Gasteiger partial charge on any atom is 0.120 e. The molecule has 4 nitrogen and oxygen atoms in total. The van der Waals surface area contributed by atoms with E-state index >= 15 is 0 Å². The van der Waals surface area contributed by atoms with Gasteiger partial charge in [0.1, 0.15) is 11.5 Å². The van der Waals surface area contributed by atoms with Crippen molar-refractivity contribution in [3.63, 3.8) is 0 Å². The first kappa shape index (κ1) is 14.6. The first-order chi connectivity index (χ1) is 9.06. The van der Waals surface area contributed by atoms with Crippen LogP contribution in [0.25, 0.3) is 0 Å². The van der Waals surface area contributed by atoms with Crippen LogP contribution in [-0.4, -0.2) is 43.3 Å². The summed E-state index contributed by atoms with van der Waals surface area (Å²) in [6, 6.07) is 4.86. The SMILES string of the molecule is Cc1ccc(C(C)NCC2CN(C(C)C)CCO2)o1. The van der Waals surface area contributed by atoms with Crippen molar-refractivity contribution in [2.75, 3.05) is 26.2 Å². The second-order valence-corrected chi connectivity index (χ2v) is 5.66. The van der Waals surface area contributed by atoms with Gasteiger partial charge in [0.05, 0.1) is 18.8 Å². The first-order valence-corrected chi connectivity index (χ1v) is 7.21. The third-order valence-electron chi connectivity index (χ3n) is 3.74. The highest BCUT2D eigenvalue weighted by molar-refractivity contribution is 5.08. The number of furan rings is 1. The van der Waals surface area contributed by atoms with E-state index in [1.54, 1.807) is 0 Å². The Bertz CT molecular complexity index is 389. The Kier molecular flexibility index (Phi) is 5.02. The molecule has 2 heterocycles. The fourth-order valence-electron chi connectivity index (χ4n) is 2.43. The minimum atomic E-state index is 0.228. The monoisotopic (exact) mass is 266 g/mol. The normalized spacial score (nSPS) is 22.9. The average molecular weight is 266 g/mol. The maximum atomic E-state index is 5.82. The van der Waals surface area contributed by atoms with E-state index in [9.17, 15) is 0 Å². The highest BCUT2D eigenvalue weighted by atomic mass is 16.5. The smallest absolute Gasteiger partial charge is 0.120 e. The van der Waals surface area contributed by atoms with E-state index in [0.717, 1.165) is 37.8 Å². The van der Waals surface area contributed by atoms with Crippen LogP contribution >= 0.6 is 0 Å². The van der Waals surface area contributed by atoms with Crippen LogP contribution in [0, 0.1) is 6.92 Å². The molecule has 0 aromatic carbocycles. The van der Waals surface area contributed by atoms with E-state index in [2.05, 4.69) is 31.0 Å². The van der Waals surface area contributed by atoms with Crippen LogP contribution in [0.2, 0.25) is 0 Å². The van der Waals surface area contributed by atoms with Gasteiger partial charge in [-0.2, -0.15) is 0 Å². The third kappa shape index (κ3) is 4.06. The summed E-state index contributed by atoms with van der Waals surface area (Å²) in [7, 11) is 0. The fraction of sp³-hybridized carbons (Fsp3) is 0.733. The summed E-state index contributed by atoms with van der Waals surface area (Å²) in [6.45, 7) is 12.3. The number of nitrogens with zero attached hydrogens (tertiary/aromatic N) is 1. The van der Waals surface area contributed by atoms with Crippen LogP contribution in [0.4, 0.5) is 0 Å². The van der Waals surface area contributed by atoms with Crippen molar-refractivity contribution in [3.8, 4) is 0 Å². The average Bonchev–Trinajstić information content (AvgIpc) is 2.83. The molecule has 4 heteroatoms. The van der Waals surface area contributed by atoms with Gasteiger partial charge in [-0.05, 0) is 39.8 Å². The number of rotatable bonds is 5. The Hall–Kier alpha value is -0.840. The summed E-state index contributed by atoms with van der Waals surface area (Å²) in [5, 5.41) is 3.50. The zero-order valence-electron chi connectivity index (χ0n) is 12.5. The molecular formula is C15H26N2O2. The molecule has 0 spiro atoms. The molecule has 2 atom stereocenters. The van der Waals surface area contributed by atoms with Crippen molar-refractivity contribution in [1.29, 1.82) is 0 Å². The summed E-state index contributed by atoms with van der Waals surface area (Å²) in [5.74, 6) is 1.96. The Labute approximate surface area is 116 Å². The topological polar surface area (TPSA) is 37.6 Å². The van der Waals surface area contributed by atoms with Gasteiger partial charge in [0.25, 0.3) is 0 Å². The molecule has 1 aromatic heterocycles. The van der Waals surface area contributed by atoms with E-state index in [-0.39, 0.29) is 12.1 Å². The number of hydrogen-bond acceptors (Lipinski definition) is 4. The fourth-order valence-corrected chi connectivity index (χ4v) is 2.43. The molecule has 2 rings (SSSR count). The van der Waals surface area contributed by atoms with Crippen molar-refractivity contribution < 1.29 is 9.15 Å². The molecule has 1 aliphatic heterocycles. The molecule has 1 fully saturated rings. The lowest BCUT2D eigenvalue weighted by Crippen LogP contribution is -2.49. The molecule has 108 valence electrons. The number of morpholine rings is 1. The molecule has 0 bridgehead atoms. The van der Waals surface area contributed by atoms with E-state index in [4.69, 9.17) is 9.15 Å². The van der Waals surface area contributed by atoms with E-state index in [1.807, 2.05) is 19.1 Å². The summed E-state index contributed by atoms with van der Waals surface area (Å²) in [6.07, 6.45) is 0.273. The standard InChI is InChI=1S/C15H26N2O2/c1-11(2)17-7-8-18-14(10-17)9-16-13(4)15-6-5-12(3)19-15/h5-6,11,13-14,16H,7-10H2,1-4H3. The molecule has 0 saturated carbocycles. The molecule has 0 amide bonds. The van der Waals surface area contributed by atoms with Crippen LogP contribution in [0.5, 0.6) is 0 Å². The summed E-state index contributed by atoms with van der Waals surface area (Å²) < 4.78 is 11.4. The zero-order chi connectivity index (χ0) is 13.8. The van der Waals surface area contributed by atoms with Crippen molar-refractivity contribution in [3.05, 3.63) is 23.7 Å². The largest absolute Gasteiger partial charge is 0.465 e. The molecular weight excluding hydrogens is 240 g/mol. The van der Waals surface area contributed by atoms with Crippen molar-refractivity contribution in [2.45, 2.75) is 45.9 Å². The second-order valence-electron chi connectivity index (χ2n) is 5.66. The molecule has 1 saturated heterocycles. The highest BCUT2D eigenvalue weighted by Gasteiger charge is 2.22. The molecule has 0 radical (unpaired) electrons. The lowest BCUT2D eigenvalue weighted by Gasteiger charge is -2.35. The summed E-state index contributed by atoms with van der Waals surface area (Å²) in [5.41, 5.74) is 0. The van der Waals surface area contributed by atoms with Crippen LogP contribution in [0.15, 0.2) is 16.5 Å². The Balaban J connectivity index is 1.78. The highest BCUT2D eigenvalue weighted by Crippen LogP contribution is 2.16. The molecule has 1 N–H and O–H groups in total. The van der Waals surface area contributed by atoms with Gasteiger partial charge in [0.15, 0.2) is 0 Å². The van der Waals surface area contributed by atoms with Crippen LogP contribution in [-0.2, 0) is 4.74 Å². The van der Waals surface area contributed by atoms with Gasteiger partial charge in [-0.1, -0.05) is 0 Å². The van der Waals surface area contributed by atoms with Crippen molar-refractivity contribution in [2.24, 2.45) is 0 Å². The Morgan fingerprint density at radius 2 is 2.16 bits per heavy atom. The van der Waals surface area contributed by atoms with Crippen molar-refractivity contribution in [1.82, 2.24) is 10.2 Å². The van der Waals surface area contributed by atoms with E-state index < -0.39 is 0 Å². The number of nitrogens with one attached hydrogen (secondary N) is 1. The predicted octanol–water partition coefficient (Wildman–Crippen LogP) is 2.35. The second kappa shape index (κ2) is 6.55. The van der Waals surface area contributed by atoms with Gasteiger partial charge in [-0.3, -0.25) is 4.90 Å². The van der Waals surface area contributed by atoms with Gasteiger partial charge in [0, 0.05) is 25.7 Å². The van der Waals surface area contributed by atoms with E-state index in [1.165, 1.54) is 0 Å². The first-order valence-electron chi connectivity index (χ1n) is 7.21. The van der Waals surface area contributed by atoms with Crippen LogP contribution < -0.4 is 5.32 Å². The minimum Gasteiger partial charge on any atom is -0.465 e. The molecule has 1 aromatic rings. The Morgan fingerprint density at radius 3 is 2.79 bits per heavy atom. The predicted molar refractivity (Wildman–Crippen MR) is 76.3 cm³/mol.